The van der Waals surface area contributed by atoms with Crippen LogP contribution in [0, 0.1) is 13.8 Å². The molecule has 0 spiro atoms. The Morgan fingerprint density at radius 2 is 1.76 bits per heavy atom. The zero-order valence-corrected chi connectivity index (χ0v) is 20.1. The zero-order valence-electron chi connectivity index (χ0n) is 20.1. The van der Waals surface area contributed by atoms with Gasteiger partial charge in [-0.2, -0.15) is 0 Å². The molecule has 5 rings (SSSR count). The Morgan fingerprint density at radius 3 is 2.50 bits per heavy atom. The van der Waals surface area contributed by atoms with Gasteiger partial charge in [0.1, 0.15) is 11.6 Å². The first-order valence-corrected chi connectivity index (χ1v) is 11.7. The molecule has 1 N–H and O–H groups in total. The van der Waals surface area contributed by atoms with Gasteiger partial charge in [0.15, 0.2) is 5.58 Å². The van der Waals surface area contributed by atoms with Gasteiger partial charge in [0, 0.05) is 32.0 Å². The van der Waals surface area contributed by atoms with Gasteiger partial charge in [0.25, 0.3) is 0 Å². The average Bonchev–Trinajstić information content (AvgIpc) is 3.48. The number of oxazole rings is 1. The van der Waals surface area contributed by atoms with Crippen molar-refractivity contribution in [1.82, 2.24) is 9.88 Å². The summed E-state index contributed by atoms with van der Waals surface area (Å²) < 4.78 is 6.12. The minimum atomic E-state index is -0.165. The van der Waals surface area contributed by atoms with E-state index >= 15 is 0 Å². The van der Waals surface area contributed by atoms with E-state index in [0.717, 1.165) is 52.0 Å². The van der Waals surface area contributed by atoms with E-state index < -0.39 is 0 Å². The molecular weight excluding hydrogens is 424 g/mol. The summed E-state index contributed by atoms with van der Waals surface area (Å²) in [6.07, 6.45) is 1.76. The Labute approximate surface area is 200 Å². The van der Waals surface area contributed by atoms with Crippen LogP contribution in [0.5, 0.6) is 0 Å². The lowest BCUT2D eigenvalue weighted by atomic mass is 10.0. The third-order valence-corrected chi connectivity index (χ3v) is 6.68. The number of rotatable bonds is 4. The molecule has 0 bridgehead atoms. The molecule has 0 radical (unpaired) electrons. The molecule has 1 fully saturated rings. The van der Waals surface area contributed by atoms with Crippen LogP contribution in [-0.2, 0) is 0 Å². The number of urea groups is 1. The minimum Gasteiger partial charge on any atom is -0.438 e. The second-order valence-corrected chi connectivity index (χ2v) is 9.26. The molecule has 1 saturated heterocycles. The van der Waals surface area contributed by atoms with Gasteiger partial charge in [-0.1, -0.05) is 24.3 Å². The lowest BCUT2D eigenvalue weighted by Gasteiger charge is -2.22. The number of hydrogen-bond donors (Lipinski definition) is 1. The first kappa shape index (κ1) is 22.0. The smallest absolute Gasteiger partial charge is 0.322 e. The molecule has 3 aromatic carbocycles. The number of nitrogens with zero attached hydrogens (tertiary/aromatic N) is 3. The van der Waals surface area contributed by atoms with Crippen molar-refractivity contribution in [3.8, 4) is 11.1 Å². The van der Waals surface area contributed by atoms with Crippen molar-refractivity contribution < 1.29 is 9.21 Å². The van der Waals surface area contributed by atoms with Crippen LogP contribution in [0.1, 0.15) is 35.9 Å². The molecule has 174 valence electrons. The normalized spacial score (nSPS) is 15.6. The zero-order chi connectivity index (χ0) is 23.8. The molecule has 1 aromatic heterocycles. The highest BCUT2D eigenvalue weighted by molar-refractivity contribution is 5.90. The maximum absolute atomic E-state index is 13.1. The summed E-state index contributed by atoms with van der Waals surface area (Å²) in [5.74, 6) is 0.600. The van der Waals surface area contributed by atoms with Crippen molar-refractivity contribution in [2.75, 3.05) is 30.9 Å². The number of hydrogen-bond acceptors (Lipinski definition) is 4. The lowest BCUT2D eigenvalue weighted by molar-refractivity contribution is 0.199. The molecule has 1 aliphatic heterocycles. The Balaban J connectivity index is 1.37. The molecule has 6 nitrogen and oxygen atoms in total. The molecule has 34 heavy (non-hydrogen) atoms. The third-order valence-electron chi connectivity index (χ3n) is 6.68. The monoisotopic (exact) mass is 454 g/mol. The minimum absolute atomic E-state index is 0.116. The van der Waals surface area contributed by atoms with E-state index in [1.165, 1.54) is 5.56 Å². The summed E-state index contributed by atoms with van der Waals surface area (Å²) in [6, 6.07) is 20.2. The fraction of sp³-hybridized carbons (Fsp3) is 0.286. The van der Waals surface area contributed by atoms with E-state index in [4.69, 9.17) is 9.40 Å². The van der Waals surface area contributed by atoms with Crippen molar-refractivity contribution in [2.45, 2.75) is 32.7 Å². The van der Waals surface area contributed by atoms with Crippen LogP contribution < -0.4 is 10.2 Å². The fourth-order valence-electron chi connectivity index (χ4n) is 4.50. The van der Waals surface area contributed by atoms with Gasteiger partial charge < -0.3 is 19.5 Å². The standard InChI is InChI=1S/C28H30N4O2/c1-18-7-11-22(16-19(18)2)29-28(33)32-15-5-6-25(32)27-30-24-17-21(10-14-26(24)34-27)20-8-12-23(13-9-20)31(3)4/h7-14,16-17,25H,5-6,15H2,1-4H3,(H,29,33)/t25-/m1/s1. The highest BCUT2D eigenvalue weighted by Gasteiger charge is 2.33. The molecule has 1 aliphatic rings. The Morgan fingerprint density at radius 1 is 1.00 bits per heavy atom. The quantitative estimate of drug-likeness (QED) is 0.380. The van der Waals surface area contributed by atoms with E-state index in [0.29, 0.717) is 12.4 Å². The van der Waals surface area contributed by atoms with Gasteiger partial charge in [-0.25, -0.2) is 9.78 Å². The van der Waals surface area contributed by atoms with Gasteiger partial charge >= 0.3 is 6.03 Å². The molecular formula is C28H30N4O2. The summed E-state index contributed by atoms with van der Waals surface area (Å²) in [5, 5.41) is 3.04. The predicted octanol–water partition coefficient (Wildman–Crippen LogP) is 6.55. The molecule has 2 heterocycles. The second kappa shape index (κ2) is 8.86. The Kier molecular flexibility index (Phi) is 5.74. The number of benzene rings is 3. The fourth-order valence-corrected chi connectivity index (χ4v) is 4.50. The second-order valence-electron chi connectivity index (χ2n) is 9.26. The molecule has 0 unspecified atom stereocenters. The van der Waals surface area contributed by atoms with Gasteiger partial charge in [-0.15, -0.1) is 0 Å². The summed E-state index contributed by atoms with van der Waals surface area (Å²) in [5.41, 5.74) is 8.10. The number of aryl methyl sites for hydroxylation is 2. The van der Waals surface area contributed by atoms with Crippen molar-refractivity contribution in [3.05, 3.63) is 77.7 Å². The predicted molar refractivity (Wildman–Crippen MR) is 137 cm³/mol. The highest BCUT2D eigenvalue weighted by atomic mass is 16.4. The van der Waals surface area contributed by atoms with Crippen LogP contribution >= 0.6 is 0 Å². The van der Waals surface area contributed by atoms with Crippen molar-refractivity contribution in [1.29, 1.82) is 0 Å². The first-order valence-electron chi connectivity index (χ1n) is 11.7. The molecule has 1 atom stereocenters. The number of amides is 2. The van der Waals surface area contributed by atoms with Crippen molar-refractivity contribution >= 4 is 28.5 Å². The first-order chi connectivity index (χ1) is 16.4. The number of likely N-dealkylation sites (tertiary alicyclic amines) is 1. The number of carbonyl (C=O) groups excluding carboxylic acids is 1. The van der Waals surface area contributed by atoms with E-state index in [1.807, 2.05) is 50.2 Å². The molecule has 0 saturated carbocycles. The lowest BCUT2D eigenvalue weighted by Crippen LogP contribution is -2.34. The summed E-state index contributed by atoms with van der Waals surface area (Å²) in [6.45, 7) is 4.80. The van der Waals surface area contributed by atoms with Gasteiger partial charge in [-0.3, -0.25) is 0 Å². The number of carbonyl (C=O) groups is 1. The Bertz CT molecular complexity index is 1340. The van der Waals surface area contributed by atoms with Crippen LogP contribution in [0.2, 0.25) is 0 Å². The summed E-state index contributed by atoms with van der Waals surface area (Å²) in [7, 11) is 4.07. The molecule has 2 amide bonds. The summed E-state index contributed by atoms with van der Waals surface area (Å²) in [4.78, 5) is 21.8. The number of aromatic nitrogens is 1. The van der Waals surface area contributed by atoms with E-state index in [-0.39, 0.29) is 12.1 Å². The Hall–Kier alpha value is -3.80. The molecule has 4 aromatic rings. The average molecular weight is 455 g/mol. The van der Waals surface area contributed by atoms with Crippen LogP contribution in [0.15, 0.2) is 65.1 Å². The maximum Gasteiger partial charge on any atom is 0.322 e. The van der Waals surface area contributed by atoms with Gasteiger partial charge in [0.05, 0.1) is 0 Å². The van der Waals surface area contributed by atoms with Gasteiger partial charge in [-0.05, 0) is 85.3 Å². The highest BCUT2D eigenvalue weighted by Crippen LogP contribution is 2.35. The van der Waals surface area contributed by atoms with E-state index in [1.54, 1.807) is 0 Å². The van der Waals surface area contributed by atoms with Crippen LogP contribution in [-0.4, -0.2) is 36.6 Å². The van der Waals surface area contributed by atoms with Crippen LogP contribution in [0.4, 0.5) is 16.2 Å². The van der Waals surface area contributed by atoms with Crippen LogP contribution in [0.25, 0.3) is 22.2 Å². The van der Waals surface area contributed by atoms with Crippen molar-refractivity contribution in [3.63, 3.8) is 0 Å². The topological polar surface area (TPSA) is 61.6 Å². The molecule has 0 aliphatic carbocycles. The van der Waals surface area contributed by atoms with E-state index in [2.05, 4.69) is 53.5 Å². The van der Waals surface area contributed by atoms with Crippen LogP contribution in [0.3, 0.4) is 0 Å². The van der Waals surface area contributed by atoms with Gasteiger partial charge in [0.2, 0.25) is 5.89 Å². The van der Waals surface area contributed by atoms with Crippen molar-refractivity contribution in [2.24, 2.45) is 0 Å². The number of fused-ring (bicyclic) bond motifs is 1. The maximum atomic E-state index is 13.1. The summed E-state index contributed by atoms with van der Waals surface area (Å²) >= 11 is 0. The number of nitrogens with one attached hydrogen (secondary N) is 1. The number of anilines is 2. The largest absolute Gasteiger partial charge is 0.438 e. The SMILES string of the molecule is Cc1ccc(NC(=O)N2CCC[C@@H]2c2nc3cc(-c4ccc(N(C)C)cc4)ccc3o2)cc1C. The van der Waals surface area contributed by atoms with E-state index in [9.17, 15) is 4.79 Å². The third kappa shape index (κ3) is 4.23. The molecule has 6 heteroatoms.